The van der Waals surface area contributed by atoms with Gasteiger partial charge < -0.3 is 10.6 Å². The number of aryl methyl sites for hydroxylation is 1. The fourth-order valence-corrected chi connectivity index (χ4v) is 1.76. The van der Waals surface area contributed by atoms with E-state index in [1.807, 2.05) is 20.0 Å². The molecular formula is C13H23N3. The average molecular weight is 221 g/mol. The van der Waals surface area contributed by atoms with Crippen molar-refractivity contribution in [2.24, 2.45) is 0 Å². The molecule has 0 saturated carbocycles. The molecule has 0 amide bonds. The highest BCUT2D eigenvalue weighted by Crippen LogP contribution is 2.11. The molecule has 0 aromatic carbocycles. The van der Waals surface area contributed by atoms with Crippen LogP contribution in [0, 0.1) is 0 Å². The summed E-state index contributed by atoms with van der Waals surface area (Å²) < 4.78 is 0. The van der Waals surface area contributed by atoms with Crippen molar-refractivity contribution in [3.8, 4) is 0 Å². The minimum Gasteiger partial charge on any atom is -0.366 e. The van der Waals surface area contributed by atoms with E-state index in [9.17, 15) is 0 Å². The van der Waals surface area contributed by atoms with Crippen LogP contribution in [0.3, 0.4) is 0 Å². The van der Waals surface area contributed by atoms with Crippen LogP contribution in [-0.4, -0.2) is 24.1 Å². The van der Waals surface area contributed by atoms with Crippen molar-refractivity contribution in [2.75, 3.05) is 18.4 Å². The molecule has 0 aliphatic carbocycles. The second-order valence-corrected chi connectivity index (χ2v) is 3.74. The van der Waals surface area contributed by atoms with Gasteiger partial charge in [-0.2, -0.15) is 0 Å². The van der Waals surface area contributed by atoms with Crippen LogP contribution in [0.15, 0.2) is 18.3 Å². The Labute approximate surface area is 98.7 Å². The van der Waals surface area contributed by atoms with E-state index in [1.165, 1.54) is 12.0 Å². The lowest BCUT2D eigenvalue weighted by Gasteiger charge is -2.12. The lowest BCUT2D eigenvalue weighted by molar-refractivity contribution is 0.787. The minimum atomic E-state index is 0.551. The molecule has 1 atom stereocenters. The highest BCUT2D eigenvalue weighted by atomic mass is 15.1. The van der Waals surface area contributed by atoms with Gasteiger partial charge in [0, 0.05) is 18.8 Å². The Morgan fingerprint density at radius 3 is 2.94 bits per heavy atom. The van der Waals surface area contributed by atoms with Gasteiger partial charge >= 0.3 is 0 Å². The largest absolute Gasteiger partial charge is 0.366 e. The summed E-state index contributed by atoms with van der Waals surface area (Å²) in [6.07, 6.45) is 4.14. The van der Waals surface area contributed by atoms with Gasteiger partial charge in [0.1, 0.15) is 5.82 Å². The molecule has 1 aliphatic heterocycles. The molecule has 1 fully saturated rings. The number of hydrogen-bond donors (Lipinski definition) is 2. The summed E-state index contributed by atoms with van der Waals surface area (Å²) >= 11 is 0. The van der Waals surface area contributed by atoms with Gasteiger partial charge in [-0.25, -0.2) is 4.98 Å². The van der Waals surface area contributed by atoms with Gasteiger partial charge in [0.25, 0.3) is 0 Å². The summed E-state index contributed by atoms with van der Waals surface area (Å²) in [5.41, 5.74) is 1.34. The van der Waals surface area contributed by atoms with E-state index in [1.54, 1.807) is 0 Å². The Morgan fingerprint density at radius 2 is 2.31 bits per heavy atom. The molecule has 3 heteroatoms. The fraction of sp³-hybridized carbons (Fsp3) is 0.615. The normalized spacial score (nSPS) is 18.8. The van der Waals surface area contributed by atoms with Crippen molar-refractivity contribution in [3.63, 3.8) is 0 Å². The van der Waals surface area contributed by atoms with E-state index in [2.05, 4.69) is 34.7 Å². The highest BCUT2D eigenvalue weighted by Gasteiger charge is 2.13. The third kappa shape index (κ3) is 3.81. The van der Waals surface area contributed by atoms with Crippen LogP contribution in [0.5, 0.6) is 0 Å². The number of nitrogens with zero attached hydrogens (tertiary/aromatic N) is 1. The van der Waals surface area contributed by atoms with E-state index < -0.39 is 0 Å². The molecule has 1 saturated heterocycles. The number of nitrogens with one attached hydrogen (secondary N) is 2. The molecule has 90 valence electrons. The molecule has 1 unspecified atom stereocenters. The second-order valence-electron chi connectivity index (χ2n) is 3.74. The van der Waals surface area contributed by atoms with Gasteiger partial charge in [-0.1, -0.05) is 20.8 Å². The van der Waals surface area contributed by atoms with Crippen molar-refractivity contribution in [1.82, 2.24) is 10.3 Å². The van der Waals surface area contributed by atoms with Crippen molar-refractivity contribution < 1.29 is 0 Å². The lowest BCUT2D eigenvalue weighted by Crippen LogP contribution is -2.22. The van der Waals surface area contributed by atoms with Gasteiger partial charge in [0.15, 0.2) is 0 Å². The summed E-state index contributed by atoms with van der Waals surface area (Å²) in [5.74, 6) is 1.01. The number of hydrogen-bond acceptors (Lipinski definition) is 3. The van der Waals surface area contributed by atoms with Crippen LogP contribution in [0.4, 0.5) is 5.82 Å². The van der Waals surface area contributed by atoms with Crippen molar-refractivity contribution in [3.05, 3.63) is 23.9 Å². The zero-order valence-corrected chi connectivity index (χ0v) is 10.6. The smallest absolute Gasteiger partial charge is 0.126 e. The predicted molar refractivity (Wildman–Crippen MR) is 69.9 cm³/mol. The van der Waals surface area contributed by atoms with Crippen molar-refractivity contribution >= 4 is 5.82 Å². The Morgan fingerprint density at radius 1 is 1.50 bits per heavy atom. The van der Waals surface area contributed by atoms with Crippen LogP contribution in [0.1, 0.15) is 32.8 Å². The third-order valence-electron chi connectivity index (χ3n) is 2.64. The molecule has 1 aromatic heterocycles. The lowest BCUT2D eigenvalue weighted by atomic mass is 10.2. The maximum atomic E-state index is 4.31. The summed E-state index contributed by atoms with van der Waals surface area (Å²) in [6, 6.07) is 4.76. The third-order valence-corrected chi connectivity index (χ3v) is 2.64. The zero-order chi connectivity index (χ0) is 11.8. The summed E-state index contributed by atoms with van der Waals surface area (Å²) in [4.78, 5) is 4.31. The first-order chi connectivity index (χ1) is 7.88. The van der Waals surface area contributed by atoms with Gasteiger partial charge in [-0.05, 0) is 37.1 Å². The molecule has 0 spiro atoms. The van der Waals surface area contributed by atoms with Gasteiger partial charge in [-0.15, -0.1) is 0 Å². The molecule has 0 bridgehead atoms. The first kappa shape index (κ1) is 13.0. The van der Waals surface area contributed by atoms with Crippen molar-refractivity contribution in [1.29, 1.82) is 0 Å². The predicted octanol–water partition coefficient (Wildman–Crippen LogP) is 2.44. The van der Waals surface area contributed by atoms with E-state index in [0.29, 0.717) is 6.04 Å². The van der Waals surface area contributed by atoms with E-state index in [4.69, 9.17) is 0 Å². The second kappa shape index (κ2) is 7.23. The Kier molecular flexibility index (Phi) is 5.86. The molecule has 2 N–H and O–H groups in total. The zero-order valence-electron chi connectivity index (χ0n) is 10.6. The number of aromatic nitrogens is 1. The topological polar surface area (TPSA) is 37.0 Å². The standard InChI is InChI=1S/C11H17N3.C2H6/c1-2-9-3-6-13-11(7-9)14-10-4-5-12-8-10;1-2/h3,6-7,10,12H,2,4-5,8H2,1H3,(H,13,14);1-2H3. The molecule has 1 aliphatic rings. The minimum absolute atomic E-state index is 0.551. The average Bonchev–Trinajstić information content (AvgIpc) is 2.85. The van der Waals surface area contributed by atoms with Gasteiger partial charge in [-0.3, -0.25) is 0 Å². The van der Waals surface area contributed by atoms with Crippen LogP contribution < -0.4 is 10.6 Å². The quantitative estimate of drug-likeness (QED) is 0.823. The summed E-state index contributed by atoms with van der Waals surface area (Å²) in [6.45, 7) is 8.33. The van der Waals surface area contributed by atoms with E-state index in [0.717, 1.165) is 25.3 Å². The Balaban J connectivity index is 0.000000606. The fourth-order valence-electron chi connectivity index (χ4n) is 1.76. The Bertz CT molecular complexity index is 293. The van der Waals surface area contributed by atoms with Crippen LogP contribution >= 0.6 is 0 Å². The molecule has 3 nitrogen and oxygen atoms in total. The van der Waals surface area contributed by atoms with Crippen LogP contribution in [0.25, 0.3) is 0 Å². The highest BCUT2D eigenvalue weighted by molar-refractivity contribution is 5.38. The number of anilines is 1. The van der Waals surface area contributed by atoms with Crippen molar-refractivity contribution in [2.45, 2.75) is 39.7 Å². The SMILES string of the molecule is CC.CCc1ccnc(NC2CCNC2)c1. The van der Waals surface area contributed by atoms with E-state index in [-0.39, 0.29) is 0 Å². The summed E-state index contributed by atoms with van der Waals surface area (Å²) in [5, 5.41) is 6.77. The summed E-state index contributed by atoms with van der Waals surface area (Å²) in [7, 11) is 0. The number of rotatable bonds is 3. The maximum Gasteiger partial charge on any atom is 0.126 e. The van der Waals surface area contributed by atoms with Crippen LogP contribution in [-0.2, 0) is 6.42 Å². The molecule has 2 heterocycles. The molecule has 1 aromatic rings. The van der Waals surface area contributed by atoms with Gasteiger partial charge in [0.2, 0.25) is 0 Å². The monoisotopic (exact) mass is 221 g/mol. The first-order valence-corrected chi connectivity index (χ1v) is 6.30. The molecule has 0 radical (unpaired) electrons. The van der Waals surface area contributed by atoms with Crippen LogP contribution in [0.2, 0.25) is 0 Å². The maximum absolute atomic E-state index is 4.31. The first-order valence-electron chi connectivity index (χ1n) is 6.30. The molecule has 16 heavy (non-hydrogen) atoms. The molecule has 2 rings (SSSR count). The van der Waals surface area contributed by atoms with E-state index >= 15 is 0 Å². The Hall–Kier alpha value is -1.09. The van der Waals surface area contributed by atoms with Gasteiger partial charge in [0.05, 0.1) is 0 Å². The molecular weight excluding hydrogens is 198 g/mol. The number of pyridine rings is 1.